The zero-order valence-corrected chi connectivity index (χ0v) is 21.7. The van der Waals surface area contributed by atoms with Gasteiger partial charge in [-0.15, -0.1) is 0 Å². The van der Waals surface area contributed by atoms with Gasteiger partial charge in [-0.05, 0) is 82.9 Å². The van der Waals surface area contributed by atoms with Crippen LogP contribution in [0.15, 0.2) is 18.2 Å². The number of rotatable bonds is 5. The van der Waals surface area contributed by atoms with Crippen LogP contribution in [0.3, 0.4) is 0 Å². The van der Waals surface area contributed by atoms with Crippen LogP contribution in [0.1, 0.15) is 66.0 Å². The lowest BCUT2D eigenvalue weighted by Crippen LogP contribution is -2.48. The second-order valence-electron chi connectivity index (χ2n) is 10.9. The van der Waals surface area contributed by atoms with Crippen LogP contribution in [0.25, 0.3) is 0 Å². The Morgan fingerprint density at radius 1 is 1.14 bits per heavy atom. The smallest absolute Gasteiger partial charge is 0.274 e. The van der Waals surface area contributed by atoms with Gasteiger partial charge in [0.2, 0.25) is 0 Å². The van der Waals surface area contributed by atoms with E-state index in [1.165, 1.54) is 16.8 Å². The van der Waals surface area contributed by atoms with Crippen LogP contribution in [0, 0.1) is 19.8 Å². The van der Waals surface area contributed by atoms with Gasteiger partial charge in [0.1, 0.15) is 0 Å². The van der Waals surface area contributed by atoms with Crippen LogP contribution in [0.5, 0.6) is 0 Å². The predicted molar refractivity (Wildman–Crippen MR) is 137 cm³/mol. The Kier molecular flexibility index (Phi) is 6.91. The first-order valence-electron chi connectivity index (χ1n) is 13.3. The SMILES string of the molecule is Cc1cccc(N2CCC([C@@H](O)Cn3nc(C(=O)N4C[C@@H](C)O[C@@H](C)C4)c4c3CCC4)CC2)c1C. The van der Waals surface area contributed by atoms with Gasteiger partial charge in [0.15, 0.2) is 5.69 Å². The van der Waals surface area contributed by atoms with Gasteiger partial charge in [-0.3, -0.25) is 9.48 Å². The van der Waals surface area contributed by atoms with E-state index >= 15 is 0 Å². The first kappa shape index (κ1) is 24.3. The monoisotopic (exact) mass is 480 g/mol. The molecule has 1 amide bonds. The van der Waals surface area contributed by atoms with E-state index in [0.29, 0.717) is 25.3 Å². The number of ether oxygens (including phenoxy) is 1. The van der Waals surface area contributed by atoms with Crippen molar-refractivity contribution in [3.05, 3.63) is 46.3 Å². The number of carbonyl (C=O) groups excluding carboxylic acids is 1. The van der Waals surface area contributed by atoms with Gasteiger partial charge in [0.05, 0.1) is 24.9 Å². The van der Waals surface area contributed by atoms with Gasteiger partial charge in [0.25, 0.3) is 5.91 Å². The third kappa shape index (κ3) is 4.85. The predicted octanol–water partition coefficient (Wildman–Crippen LogP) is 3.52. The number of aromatic nitrogens is 2. The molecule has 2 aliphatic heterocycles. The molecule has 2 saturated heterocycles. The molecule has 0 unspecified atom stereocenters. The summed E-state index contributed by atoms with van der Waals surface area (Å²) in [6.07, 6.45) is 4.43. The van der Waals surface area contributed by atoms with Gasteiger partial charge >= 0.3 is 0 Å². The average molecular weight is 481 g/mol. The highest BCUT2D eigenvalue weighted by atomic mass is 16.5. The fraction of sp³-hybridized carbons (Fsp3) is 0.643. The number of nitrogens with zero attached hydrogens (tertiary/aromatic N) is 4. The molecular formula is C28H40N4O3. The summed E-state index contributed by atoms with van der Waals surface area (Å²) in [5.74, 6) is 0.262. The van der Waals surface area contributed by atoms with Gasteiger partial charge in [-0.1, -0.05) is 12.1 Å². The van der Waals surface area contributed by atoms with Crippen molar-refractivity contribution in [2.75, 3.05) is 31.1 Å². The Morgan fingerprint density at radius 3 is 2.57 bits per heavy atom. The number of benzene rings is 1. The molecule has 7 heteroatoms. The highest BCUT2D eigenvalue weighted by Crippen LogP contribution is 2.31. The minimum absolute atomic E-state index is 0.0141. The molecule has 2 aromatic rings. The van der Waals surface area contributed by atoms with Crippen molar-refractivity contribution in [3.8, 4) is 0 Å². The third-order valence-electron chi connectivity index (χ3n) is 8.28. The highest BCUT2D eigenvalue weighted by molar-refractivity contribution is 5.94. The molecule has 0 spiro atoms. The molecule has 35 heavy (non-hydrogen) atoms. The summed E-state index contributed by atoms with van der Waals surface area (Å²) in [5, 5.41) is 16.0. The molecule has 7 nitrogen and oxygen atoms in total. The van der Waals surface area contributed by atoms with Crippen LogP contribution in [0.4, 0.5) is 5.69 Å². The summed E-state index contributed by atoms with van der Waals surface area (Å²) in [6, 6.07) is 6.51. The fourth-order valence-corrected chi connectivity index (χ4v) is 6.26. The lowest BCUT2D eigenvalue weighted by atomic mass is 9.90. The fourth-order valence-electron chi connectivity index (χ4n) is 6.26. The number of aliphatic hydroxyl groups is 1. The highest BCUT2D eigenvalue weighted by Gasteiger charge is 2.34. The quantitative estimate of drug-likeness (QED) is 0.709. The number of morpholine rings is 1. The molecule has 0 saturated carbocycles. The number of fused-ring (bicyclic) bond motifs is 1. The number of hydrogen-bond donors (Lipinski definition) is 1. The summed E-state index contributed by atoms with van der Waals surface area (Å²) in [4.78, 5) is 17.7. The molecule has 0 radical (unpaired) electrons. The van der Waals surface area contributed by atoms with Crippen molar-refractivity contribution < 1.29 is 14.6 Å². The maximum absolute atomic E-state index is 13.4. The Hall–Kier alpha value is -2.38. The van der Waals surface area contributed by atoms with Gasteiger partial charge in [-0.25, -0.2) is 0 Å². The van der Waals surface area contributed by atoms with Crippen molar-refractivity contribution in [3.63, 3.8) is 0 Å². The molecule has 0 bridgehead atoms. The largest absolute Gasteiger partial charge is 0.391 e. The molecule has 1 aromatic heterocycles. The maximum Gasteiger partial charge on any atom is 0.274 e. The van der Waals surface area contributed by atoms with Gasteiger partial charge in [-0.2, -0.15) is 5.10 Å². The molecule has 1 aliphatic carbocycles. The number of carbonyl (C=O) groups is 1. The summed E-state index contributed by atoms with van der Waals surface area (Å²) in [6.45, 7) is 12.0. The van der Waals surface area contributed by atoms with E-state index in [-0.39, 0.29) is 24.0 Å². The molecular weight excluding hydrogens is 440 g/mol. The van der Waals surface area contributed by atoms with Crippen LogP contribution in [-0.4, -0.2) is 70.2 Å². The van der Waals surface area contributed by atoms with Crippen molar-refractivity contribution >= 4 is 11.6 Å². The molecule has 2 fully saturated rings. The standard InChI is InChI=1S/C28H40N4O3/c1-18-7-5-9-24(21(18)4)30-13-11-22(12-14-30)26(33)17-32-25-10-6-8-23(25)27(29-32)28(34)31-15-19(2)35-20(3)16-31/h5,7,9,19-20,22,26,33H,6,8,10-17H2,1-4H3/t19-,20+,26-/m0/s1. The Morgan fingerprint density at radius 2 is 1.86 bits per heavy atom. The number of hydrogen-bond acceptors (Lipinski definition) is 5. The number of aryl methyl sites for hydroxylation is 1. The maximum atomic E-state index is 13.4. The van der Waals surface area contributed by atoms with Crippen LogP contribution < -0.4 is 4.90 Å². The Bertz CT molecular complexity index is 1060. The van der Waals surface area contributed by atoms with E-state index in [1.54, 1.807) is 0 Å². The van der Waals surface area contributed by atoms with Gasteiger partial charge in [0, 0.05) is 43.1 Å². The Labute approximate surface area is 209 Å². The molecule has 3 heterocycles. The van der Waals surface area contributed by atoms with E-state index in [4.69, 9.17) is 9.84 Å². The van der Waals surface area contributed by atoms with E-state index in [9.17, 15) is 9.90 Å². The molecule has 3 atom stereocenters. The van der Waals surface area contributed by atoms with Crippen molar-refractivity contribution in [2.45, 2.75) is 84.7 Å². The lowest BCUT2D eigenvalue weighted by Gasteiger charge is -2.36. The number of piperidine rings is 1. The van der Waals surface area contributed by atoms with Crippen LogP contribution >= 0.6 is 0 Å². The summed E-state index contributed by atoms with van der Waals surface area (Å²) in [5.41, 5.74) is 6.82. The molecule has 1 aromatic carbocycles. The second-order valence-corrected chi connectivity index (χ2v) is 10.9. The first-order chi connectivity index (χ1) is 16.8. The summed E-state index contributed by atoms with van der Waals surface area (Å²) < 4.78 is 7.76. The zero-order chi connectivity index (χ0) is 24.7. The molecule has 5 rings (SSSR count). The number of aliphatic hydroxyl groups excluding tert-OH is 1. The number of anilines is 1. The van der Waals surface area contributed by atoms with Crippen molar-refractivity contribution in [2.24, 2.45) is 5.92 Å². The number of amides is 1. The third-order valence-corrected chi connectivity index (χ3v) is 8.28. The van der Waals surface area contributed by atoms with E-state index in [1.807, 2.05) is 23.4 Å². The van der Waals surface area contributed by atoms with Crippen LogP contribution in [0.2, 0.25) is 0 Å². The second kappa shape index (κ2) is 9.94. The van der Waals surface area contributed by atoms with E-state index < -0.39 is 6.10 Å². The van der Waals surface area contributed by atoms with Crippen molar-refractivity contribution in [1.82, 2.24) is 14.7 Å². The molecule has 190 valence electrons. The van der Waals surface area contributed by atoms with E-state index in [0.717, 1.165) is 56.5 Å². The lowest BCUT2D eigenvalue weighted by molar-refractivity contribution is -0.0587. The minimum atomic E-state index is -0.452. The Balaban J connectivity index is 1.25. The summed E-state index contributed by atoms with van der Waals surface area (Å²) in [7, 11) is 0. The topological polar surface area (TPSA) is 70.8 Å². The van der Waals surface area contributed by atoms with Gasteiger partial charge < -0.3 is 19.6 Å². The summed E-state index contributed by atoms with van der Waals surface area (Å²) >= 11 is 0. The molecule has 3 aliphatic rings. The average Bonchev–Trinajstić information content (AvgIpc) is 3.44. The van der Waals surface area contributed by atoms with Crippen molar-refractivity contribution in [1.29, 1.82) is 0 Å². The zero-order valence-electron chi connectivity index (χ0n) is 21.7. The van der Waals surface area contributed by atoms with E-state index in [2.05, 4.69) is 36.9 Å². The van der Waals surface area contributed by atoms with Crippen LogP contribution in [-0.2, 0) is 24.1 Å². The normalized spacial score (nSPS) is 24.0. The minimum Gasteiger partial charge on any atom is -0.391 e. The first-order valence-corrected chi connectivity index (χ1v) is 13.3. The molecule has 1 N–H and O–H groups in total.